The van der Waals surface area contributed by atoms with Crippen LogP contribution < -0.4 is 11.1 Å². The number of hydrogen-bond donors (Lipinski definition) is 2. The molecule has 0 aliphatic carbocycles. The normalized spacial score (nSPS) is 19.0. The first-order valence-electron chi connectivity index (χ1n) is 6.61. The third kappa shape index (κ3) is 2.25. The number of rotatable bonds is 2. The van der Waals surface area contributed by atoms with Gasteiger partial charge < -0.3 is 10.2 Å². The lowest BCUT2D eigenvalue weighted by Gasteiger charge is -2.39. The number of nitrogens with one attached hydrogen (secondary N) is 1. The zero-order valence-corrected chi connectivity index (χ0v) is 11.8. The van der Waals surface area contributed by atoms with Crippen LogP contribution in [0, 0.1) is 0 Å². The summed E-state index contributed by atoms with van der Waals surface area (Å²) in [6.07, 6.45) is 0. The summed E-state index contributed by atoms with van der Waals surface area (Å²) in [5.74, 6) is -0.220. The maximum absolute atomic E-state index is 11.9. The molecule has 0 bridgehead atoms. The molecule has 2 heterocycles. The van der Waals surface area contributed by atoms with Crippen molar-refractivity contribution in [3.05, 3.63) is 24.1 Å². The molecule has 1 fully saturated rings. The van der Waals surface area contributed by atoms with Gasteiger partial charge in [-0.15, -0.1) is 0 Å². The summed E-state index contributed by atoms with van der Waals surface area (Å²) in [5.41, 5.74) is 6.77. The highest BCUT2D eigenvalue weighted by atomic mass is 16.3. The first-order chi connectivity index (χ1) is 9.88. The Balaban J connectivity index is 1.92. The summed E-state index contributed by atoms with van der Waals surface area (Å²) in [4.78, 5) is 29.5. The number of hydrogen-bond acceptors (Lipinski definition) is 6. The number of nitrogens with two attached hydrogens (primary N) is 1. The lowest BCUT2D eigenvalue weighted by molar-refractivity contribution is -0.145. The molecular formula is C14H16N4O3. The van der Waals surface area contributed by atoms with Crippen molar-refractivity contribution < 1.29 is 14.0 Å². The van der Waals surface area contributed by atoms with Gasteiger partial charge in [0.25, 0.3) is 0 Å². The SMILES string of the molecule is CC1(C)C(=O)NC(=O)CN1Cc1nc2c(N)cccc2o1. The Morgan fingerprint density at radius 2 is 2.19 bits per heavy atom. The fourth-order valence-corrected chi connectivity index (χ4v) is 2.33. The second-order valence-corrected chi connectivity index (χ2v) is 5.59. The van der Waals surface area contributed by atoms with E-state index in [1.54, 1.807) is 36.9 Å². The number of nitrogen functional groups attached to an aromatic ring is 1. The quantitative estimate of drug-likeness (QED) is 0.621. The smallest absolute Gasteiger partial charge is 0.246 e. The van der Waals surface area contributed by atoms with E-state index in [0.717, 1.165) is 0 Å². The number of amides is 2. The lowest BCUT2D eigenvalue weighted by Crippen LogP contribution is -2.63. The van der Waals surface area contributed by atoms with Crippen LogP contribution in [0.25, 0.3) is 11.1 Å². The Morgan fingerprint density at radius 3 is 2.90 bits per heavy atom. The molecule has 110 valence electrons. The molecule has 0 spiro atoms. The van der Waals surface area contributed by atoms with Crippen LogP contribution in [0.15, 0.2) is 22.6 Å². The molecule has 21 heavy (non-hydrogen) atoms. The summed E-state index contributed by atoms with van der Waals surface area (Å²) >= 11 is 0. The molecule has 3 N–H and O–H groups in total. The van der Waals surface area contributed by atoms with Gasteiger partial charge in [0.05, 0.1) is 24.3 Å². The van der Waals surface area contributed by atoms with E-state index >= 15 is 0 Å². The van der Waals surface area contributed by atoms with E-state index in [0.29, 0.717) is 22.7 Å². The van der Waals surface area contributed by atoms with Crippen molar-refractivity contribution >= 4 is 28.6 Å². The Bertz CT molecular complexity index is 735. The maximum Gasteiger partial charge on any atom is 0.246 e. The van der Waals surface area contributed by atoms with Crippen LogP contribution in [-0.2, 0) is 16.1 Å². The summed E-state index contributed by atoms with van der Waals surface area (Å²) in [6, 6.07) is 5.31. The number of oxazole rings is 1. The number of carbonyl (C=O) groups is 2. The molecule has 1 aromatic heterocycles. The minimum atomic E-state index is -0.805. The topological polar surface area (TPSA) is 101 Å². The van der Waals surface area contributed by atoms with Gasteiger partial charge in [0, 0.05) is 0 Å². The Morgan fingerprint density at radius 1 is 1.43 bits per heavy atom. The van der Waals surface area contributed by atoms with E-state index in [1.807, 2.05) is 0 Å². The van der Waals surface area contributed by atoms with Gasteiger partial charge in [-0.2, -0.15) is 0 Å². The van der Waals surface area contributed by atoms with E-state index < -0.39 is 5.54 Å². The number of fused-ring (bicyclic) bond motifs is 1. The van der Waals surface area contributed by atoms with Crippen LogP contribution >= 0.6 is 0 Å². The maximum atomic E-state index is 11.9. The Labute approximate surface area is 121 Å². The van der Waals surface area contributed by atoms with Gasteiger partial charge in [-0.25, -0.2) is 4.98 Å². The largest absolute Gasteiger partial charge is 0.439 e. The van der Waals surface area contributed by atoms with E-state index in [2.05, 4.69) is 10.3 Å². The number of benzene rings is 1. The zero-order chi connectivity index (χ0) is 15.2. The molecule has 1 aliphatic rings. The predicted molar refractivity (Wildman–Crippen MR) is 76.1 cm³/mol. The van der Waals surface area contributed by atoms with Crippen LogP contribution in [0.3, 0.4) is 0 Å². The van der Waals surface area contributed by atoms with E-state index in [-0.39, 0.29) is 24.9 Å². The summed E-state index contributed by atoms with van der Waals surface area (Å²) in [5, 5.41) is 2.33. The molecule has 1 aliphatic heterocycles. The van der Waals surface area contributed by atoms with Crippen LogP contribution in [0.5, 0.6) is 0 Å². The molecule has 1 saturated heterocycles. The highest BCUT2D eigenvalue weighted by Gasteiger charge is 2.41. The average molecular weight is 288 g/mol. The van der Waals surface area contributed by atoms with Gasteiger partial charge in [-0.05, 0) is 26.0 Å². The van der Waals surface area contributed by atoms with E-state index in [9.17, 15) is 9.59 Å². The minimum Gasteiger partial charge on any atom is -0.439 e. The van der Waals surface area contributed by atoms with Crippen LogP contribution in [0.4, 0.5) is 5.69 Å². The van der Waals surface area contributed by atoms with Gasteiger partial charge in [0.15, 0.2) is 5.58 Å². The number of anilines is 1. The van der Waals surface area contributed by atoms with Crippen molar-refractivity contribution in [3.8, 4) is 0 Å². The predicted octanol–water partition coefficient (Wildman–Crippen LogP) is 0.647. The number of imide groups is 1. The first-order valence-corrected chi connectivity index (χ1v) is 6.61. The van der Waals surface area contributed by atoms with Gasteiger partial charge >= 0.3 is 0 Å². The molecule has 7 nitrogen and oxygen atoms in total. The van der Waals surface area contributed by atoms with Crippen molar-refractivity contribution in [2.24, 2.45) is 0 Å². The van der Waals surface area contributed by atoms with Gasteiger partial charge in [0.2, 0.25) is 17.7 Å². The summed E-state index contributed by atoms with van der Waals surface area (Å²) in [6.45, 7) is 3.89. The van der Waals surface area contributed by atoms with Crippen molar-refractivity contribution in [1.29, 1.82) is 0 Å². The standard InChI is InChI=1S/C14H16N4O3/c1-14(2)13(20)16-10(19)6-18(14)7-11-17-12-8(15)4-3-5-9(12)21-11/h3-5H,6-7,15H2,1-2H3,(H,16,19,20). The monoisotopic (exact) mass is 288 g/mol. The van der Waals surface area contributed by atoms with Crippen molar-refractivity contribution in [1.82, 2.24) is 15.2 Å². The van der Waals surface area contributed by atoms with Gasteiger partial charge in [0.1, 0.15) is 5.52 Å². The van der Waals surface area contributed by atoms with E-state index in [1.165, 1.54) is 0 Å². The Kier molecular flexibility index (Phi) is 2.94. The molecule has 0 unspecified atom stereocenters. The Hall–Kier alpha value is -2.41. The highest BCUT2D eigenvalue weighted by Crippen LogP contribution is 2.25. The van der Waals surface area contributed by atoms with Crippen LogP contribution in [0.1, 0.15) is 19.7 Å². The fourth-order valence-electron chi connectivity index (χ4n) is 2.33. The van der Waals surface area contributed by atoms with E-state index in [4.69, 9.17) is 10.2 Å². The second kappa shape index (κ2) is 4.56. The molecular weight excluding hydrogens is 272 g/mol. The van der Waals surface area contributed by atoms with Crippen molar-refractivity contribution in [2.75, 3.05) is 12.3 Å². The summed E-state index contributed by atoms with van der Waals surface area (Å²) < 4.78 is 5.64. The number of carbonyl (C=O) groups excluding carboxylic acids is 2. The van der Waals surface area contributed by atoms with Crippen LogP contribution in [-0.4, -0.2) is 33.8 Å². The van der Waals surface area contributed by atoms with Crippen molar-refractivity contribution in [3.63, 3.8) is 0 Å². The first kappa shape index (κ1) is 13.6. The average Bonchev–Trinajstić information content (AvgIpc) is 2.80. The third-order valence-corrected chi connectivity index (χ3v) is 3.75. The molecule has 2 amide bonds. The highest BCUT2D eigenvalue weighted by molar-refractivity contribution is 6.02. The number of piperazine rings is 1. The minimum absolute atomic E-state index is 0.118. The zero-order valence-electron chi connectivity index (χ0n) is 11.8. The van der Waals surface area contributed by atoms with Crippen LogP contribution in [0.2, 0.25) is 0 Å². The molecule has 1 aromatic carbocycles. The second-order valence-electron chi connectivity index (χ2n) is 5.59. The molecule has 7 heteroatoms. The molecule has 0 radical (unpaired) electrons. The summed E-state index contributed by atoms with van der Waals surface area (Å²) in [7, 11) is 0. The van der Waals surface area contributed by atoms with Gasteiger partial charge in [-0.1, -0.05) is 6.07 Å². The number of nitrogens with zero attached hydrogens (tertiary/aromatic N) is 2. The molecule has 2 aromatic rings. The number of aromatic nitrogens is 1. The van der Waals surface area contributed by atoms with Gasteiger partial charge in [-0.3, -0.25) is 19.8 Å². The van der Waals surface area contributed by atoms with Crippen molar-refractivity contribution in [2.45, 2.75) is 25.9 Å². The molecule has 3 rings (SSSR count). The molecule has 0 atom stereocenters. The number of para-hydroxylation sites is 1. The third-order valence-electron chi connectivity index (χ3n) is 3.75. The fraction of sp³-hybridized carbons (Fsp3) is 0.357. The molecule has 0 saturated carbocycles. The lowest BCUT2D eigenvalue weighted by atomic mass is 9.99.